The number of rotatable bonds is 3. The molecule has 0 fully saturated rings. The van der Waals surface area contributed by atoms with E-state index in [1.807, 2.05) is 31.2 Å². The smallest absolute Gasteiger partial charge is 0.0869 e. The SMILES string of the molecule is CC(C)(C)CCC(C)(O)c1cccc(Br)c1. The Labute approximate surface area is 107 Å². The van der Waals surface area contributed by atoms with E-state index in [4.69, 9.17) is 0 Å². The second kappa shape index (κ2) is 4.89. The van der Waals surface area contributed by atoms with Crippen LogP contribution in [0.25, 0.3) is 0 Å². The topological polar surface area (TPSA) is 20.2 Å². The molecule has 0 bridgehead atoms. The van der Waals surface area contributed by atoms with Crippen molar-refractivity contribution in [3.8, 4) is 0 Å². The van der Waals surface area contributed by atoms with Crippen LogP contribution in [-0.4, -0.2) is 5.11 Å². The molecule has 0 spiro atoms. The average Bonchev–Trinajstić information content (AvgIpc) is 2.14. The Hall–Kier alpha value is -0.340. The highest BCUT2D eigenvalue weighted by Gasteiger charge is 2.25. The molecule has 0 saturated carbocycles. The van der Waals surface area contributed by atoms with E-state index in [2.05, 4.69) is 36.7 Å². The summed E-state index contributed by atoms with van der Waals surface area (Å²) in [6.45, 7) is 8.48. The van der Waals surface area contributed by atoms with Crippen LogP contribution >= 0.6 is 15.9 Å². The van der Waals surface area contributed by atoms with Crippen molar-refractivity contribution in [2.45, 2.75) is 46.1 Å². The molecule has 1 rings (SSSR count). The number of hydrogen-bond donors (Lipinski definition) is 1. The van der Waals surface area contributed by atoms with Gasteiger partial charge < -0.3 is 5.11 Å². The van der Waals surface area contributed by atoms with Crippen LogP contribution in [-0.2, 0) is 5.60 Å². The van der Waals surface area contributed by atoms with Crippen molar-refractivity contribution in [3.05, 3.63) is 34.3 Å². The van der Waals surface area contributed by atoms with Crippen molar-refractivity contribution < 1.29 is 5.11 Å². The van der Waals surface area contributed by atoms with E-state index in [0.717, 1.165) is 22.9 Å². The van der Waals surface area contributed by atoms with E-state index in [-0.39, 0.29) is 5.41 Å². The molecule has 2 heteroatoms. The Bertz CT molecular complexity index is 350. The third-order valence-electron chi connectivity index (χ3n) is 2.81. The van der Waals surface area contributed by atoms with E-state index in [9.17, 15) is 5.11 Å². The summed E-state index contributed by atoms with van der Waals surface area (Å²) in [4.78, 5) is 0. The van der Waals surface area contributed by atoms with Gasteiger partial charge in [-0.05, 0) is 42.9 Å². The summed E-state index contributed by atoms with van der Waals surface area (Å²) >= 11 is 3.43. The Morgan fingerprint density at radius 1 is 1.12 bits per heavy atom. The lowest BCUT2D eigenvalue weighted by atomic mass is 9.82. The highest BCUT2D eigenvalue weighted by molar-refractivity contribution is 9.10. The highest BCUT2D eigenvalue weighted by Crippen LogP contribution is 2.32. The summed E-state index contributed by atoms with van der Waals surface area (Å²) in [6.07, 6.45) is 1.79. The average molecular weight is 285 g/mol. The zero-order chi connectivity index (χ0) is 12.4. The lowest BCUT2D eigenvalue weighted by molar-refractivity contribution is 0.0358. The van der Waals surface area contributed by atoms with Gasteiger partial charge in [-0.1, -0.05) is 48.8 Å². The molecule has 1 aromatic rings. The molecule has 1 atom stereocenters. The minimum Gasteiger partial charge on any atom is -0.385 e. The van der Waals surface area contributed by atoms with Gasteiger partial charge in [0.2, 0.25) is 0 Å². The van der Waals surface area contributed by atoms with Gasteiger partial charge in [0, 0.05) is 4.47 Å². The molecule has 0 aliphatic heterocycles. The van der Waals surface area contributed by atoms with Crippen molar-refractivity contribution in [1.29, 1.82) is 0 Å². The molecule has 0 heterocycles. The first-order valence-corrected chi connectivity index (χ1v) is 6.48. The summed E-state index contributed by atoms with van der Waals surface area (Å²) in [5.74, 6) is 0. The zero-order valence-electron chi connectivity index (χ0n) is 10.5. The molecule has 1 unspecified atom stereocenters. The lowest BCUT2D eigenvalue weighted by Gasteiger charge is -2.28. The molecule has 1 N–H and O–H groups in total. The fourth-order valence-electron chi connectivity index (χ4n) is 1.59. The fraction of sp³-hybridized carbons (Fsp3) is 0.571. The summed E-state index contributed by atoms with van der Waals surface area (Å²) in [5, 5.41) is 10.5. The van der Waals surface area contributed by atoms with Crippen LogP contribution in [0.4, 0.5) is 0 Å². The number of hydrogen-bond acceptors (Lipinski definition) is 1. The monoisotopic (exact) mass is 284 g/mol. The van der Waals surface area contributed by atoms with E-state index < -0.39 is 5.60 Å². The van der Waals surface area contributed by atoms with Gasteiger partial charge in [0.25, 0.3) is 0 Å². The normalized spacial score (nSPS) is 15.9. The standard InChI is InChI=1S/C14H21BrO/c1-13(2,3)8-9-14(4,16)11-6-5-7-12(15)10-11/h5-7,10,16H,8-9H2,1-4H3. The number of benzene rings is 1. The largest absolute Gasteiger partial charge is 0.385 e. The van der Waals surface area contributed by atoms with Gasteiger partial charge in [-0.3, -0.25) is 0 Å². The maximum absolute atomic E-state index is 10.5. The molecular formula is C14H21BrO. The van der Waals surface area contributed by atoms with Crippen molar-refractivity contribution in [2.75, 3.05) is 0 Å². The number of halogens is 1. The van der Waals surface area contributed by atoms with E-state index in [0.29, 0.717) is 0 Å². The molecule has 0 aliphatic carbocycles. The van der Waals surface area contributed by atoms with Crippen molar-refractivity contribution in [2.24, 2.45) is 5.41 Å². The van der Waals surface area contributed by atoms with Gasteiger partial charge in [0.1, 0.15) is 0 Å². The molecule has 1 nitrogen and oxygen atoms in total. The predicted molar refractivity (Wildman–Crippen MR) is 72.4 cm³/mol. The van der Waals surface area contributed by atoms with Gasteiger partial charge in [0.05, 0.1) is 5.60 Å². The summed E-state index contributed by atoms with van der Waals surface area (Å²) in [7, 11) is 0. The molecule has 1 aromatic carbocycles. The van der Waals surface area contributed by atoms with E-state index in [1.165, 1.54) is 0 Å². The van der Waals surface area contributed by atoms with Gasteiger partial charge >= 0.3 is 0 Å². The van der Waals surface area contributed by atoms with Gasteiger partial charge in [-0.15, -0.1) is 0 Å². The molecule has 0 saturated heterocycles. The van der Waals surface area contributed by atoms with Gasteiger partial charge in [-0.25, -0.2) is 0 Å². The van der Waals surface area contributed by atoms with E-state index in [1.54, 1.807) is 0 Å². The summed E-state index contributed by atoms with van der Waals surface area (Å²) < 4.78 is 1.01. The van der Waals surface area contributed by atoms with Crippen molar-refractivity contribution in [1.82, 2.24) is 0 Å². The molecule has 0 aromatic heterocycles. The molecule has 90 valence electrons. The molecule has 0 amide bonds. The van der Waals surface area contributed by atoms with Crippen LogP contribution in [0.5, 0.6) is 0 Å². The summed E-state index contributed by atoms with van der Waals surface area (Å²) in [6, 6.07) is 7.91. The maximum Gasteiger partial charge on any atom is 0.0869 e. The molecule has 0 radical (unpaired) electrons. The first-order valence-electron chi connectivity index (χ1n) is 5.69. The van der Waals surface area contributed by atoms with Crippen LogP contribution in [0.15, 0.2) is 28.7 Å². The third-order valence-corrected chi connectivity index (χ3v) is 3.30. The van der Waals surface area contributed by atoms with Gasteiger partial charge in [-0.2, -0.15) is 0 Å². The minimum absolute atomic E-state index is 0.260. The van der Waals surface area contributed by atoms with Crippen LogP contribution in [0.1, 0.15) is 46.1 Å². The Balaban J connectivity index is 2.77. The van der Waals surface area contributed by atoms with Crippen molar-refractivity contribution in [3.63, 3.8) is 0 Å². The van der Waals surface area contributed by atoms with Crippen LogP contribution < -0.4 is 0 Å². The van der Waals surface area contributed by atoms with Crippen LogP contribution in [0, 0.1) is 5.41 Å². The zero-order valence-corrected chi connectivity index (χ0v) is 12.1. The highest BCUT2D eigenvalue weighted by atomic mass is 79.9. The first-order chi connectivity index (χ1) is 7.21. The van der Waals surface area contributed by atoms with Gasteiger partial charge in [0.15, 0.2) is 0 Å². The fourth-order valence-corrected chi connectivity index (χ4v) is 1.99. The maximum atomic E-state index is 10.5. The quantitative estimate of drug-likeness (QED) is 0.868. The van der Waals surface area contributed by atoms with Crippen LogP contribution in [0.3, 0.4) is 0 Å². The molecular weight excluding hydrogens is 264 g/mol. The summed E-state index contributed by atoms with van der Waals surface area (Å²) in [5.41, 5.74) is 0.499. The van der Waals surface area contributed by atoms with E-state index >= 15 is 0 Å². The second-order valence-electron chi connectivity index (χ2n) is 5.84. The first kappa shape index (κ1) is 13.7. The third kappa shape index (κ3) is 4.26. The minimum atomic E-state index is -0.739. The van der Waals surface area contributed by atoms with Crippen molar-refractivity contribution >= 4 is 15.9 Å². The Kier molecular flexibility index (Phi) is 4.19. The van der Waals surface area contributed by atoms with Crippen LogP contribution in [0.2, 0.25) is 0 Å². The predicted octanol–water partition coefficient (Wildman–Crippen LogP) is 4.48. The number of aliphatic hydroxyl groups is 1. The molecule has 0 aliphatic rings. The second-order valence-corrected chi connectivity index (χ2v) is 6.76. The molecule has 16 heavy (non-hydrogen) atoms. The Morgan fingerprint density at radius 3 is 2.25 bits per heavy atom. The lowest BCUT2D eigenvalue weighted by Crippen LogP contribution is -2.23. The Morgan fingerprint density at radius 2 is 1.75 bits per heavy atom.